The van der Waals surface area contributed by atoms with Crippen molar-refractivity contribution in [3.63, 3.8) is 0 Å². The molecule has 0 aromatic heterocycles. The Labute approximate surface area is 158 Å². The second kappa shape index (κ2) is 11.2. The van der Waals surface area contributed by atoms with E-state index in [4.69, 9.17) is 4.74 Å². The highest BCUT2D eigenvalue weighted by Gasteiger charge is 2.29. The first-order chi connectivity index (χ1) is 12.7. The lowest BCUT2D eigenvalue weighted by Crippen LogP contribution is -2.48. The Kier molecular flexibility index (Phi) is 8.92. The van der Waals surface area contributed by atoms with Crippen LogP contribution in [-0.4, -0.2) is 62.1 Å². The zero-order valence-electron chi connectivity index (χ0n) is 16.7. The van der Waals surface area contributed by atoms with E-state index in [9.17, 15) is 4.79 Å². The van der Waals surface area contributed by atoms with Crippen LogP contribution in [0.15, 0.2) is 24.3 Å². The van der Waals surface area contributed by atoms with E-state index in [1.165, 1.54) is 12.8 Å². The molecule has 5 heteroatoms. The number of ether oxygens (including phenoxy) is 1. The van der Waals surface area contributed by atoms with Gasteiger partial charge in [0.2, 0.25) is 5.91 Å². The van der Waals surface area contributed by atoms with Gasteiger partial charge in [-0.15, -0.1) is 0 Å². The van der Waals surface area contributed by atoms with Gasteiger partial charge in [0.25, 0.3) is 0 Å². The molecule has 1 amide bonds. The molecular weight excluding hydrogens is 326 g/mol. The summed E-state index contributed by atoms with van der Waals surface area (Å²) in [5.74, 6) is 1.12. The Morgan fingerprint density at radius 3 is 2.65 bits per heavy atom. The number of nitrogens with zero attached hydrogens (tertiary/aromatic N) is 2. The second-order valence-corrected chi connectivity index (χ2v) is 6.99. The minimum atomic E-state index is 0.0507. The third-order valence-electron chi connectivity index (χ3n) is 5.01. The highest BCUT2D eigenvalue weighted by Crippen LogP contribution is 2.30. The second-order valence-electron chi connectivity index (χ2n) is 6.99. The van der Waals surface area contributed by atoms with E-state index in [-0.39, 0.29) is 11.9 Å². The summed E-state index contributed by atoms with van der Waals surface area (Å²) in [7, 11) is 1.69. The van der Waals surface area contributed by atoms with E-state index in [0.717, 1.165) is 57.0 Å². The van der Waals surface area contributed by atoms with Crippen molar-refractivity contribution in [2.75, 3.05) is 46.4 Å². The molecule has 1 unspecified atom stereocenters. The van der Waals surface area contributed by atoms with Gasteiger partial charge in [0.1, 0.15) is 5.75 Å². The summed E-state index contributed by atoms with van der Waals surface area (Å²) in [5, 5.41) is 3.42. The van der Waals surface area contributed by atoms with Crippen LogP contribution in [0, 0.1) is 0 Å². The Hall–Kier alpha value is -1.59. The van der Waals surface area contributed by atoms with Crippen molar-refractivity contribution in [2.45, 2.75) is 45.6 Å². The molecule has 0 saturated carbocycles. The number of carbonyl (C=O) groups excluding carboxylic acids is 1. The van der Waals surface area contributed by atoms with Crippen molar-refractivity contribution < 1.29 is 9.53 Å². The molecule has 1 aliphatic rings. The smallest absolute Gasteiger partial charge is 0.223 e. The van der Waals surface area contributed by atoms with Gasteiger partial charge in [0, 0.05) is 31.6 Å². The van der Waals surface area contributed by atoms with Gasteiger partial charge in [0.05, 0.1) is 13.2 Å². The summed E-state index contributed by atoms with van der Waals surface area (Å²) in [6.45, 7) is 10.1. The molecular formula is C21H35N3O2. The molecule has 146 valence electrons. The molecule has 1 atom stereocenters. The van der Waals surface area contributed by atoms with Crippen LogP contribution in [0.25, 0.3) is 0 Å². The van der Waals surface area contributed by atoms with Gasteiger partial charge in [-0.25, -0.2) is 0 Å². The van der Waals surface area contributed by atoms with Gasteiger partial charge in [-0.05, 0) is 45.0 Å². The summed E-state index contributed by atoms with van der Waals surface area (Å²) >= 11 is 0. The van der Waals surface area contributed by atoms with Gasteiger partial charge < -0.3 is 19.9 Å². The van der Waals surface area contributed by atoms with Crippen molar-refractivity contribution in [1.29, 1.82) is 0 Å². The first kappa shape index (κ1) is 20.7. The van der Waals surface area contributed by atoms with E-state index >= 15 is 0 Å². The Balaban J connectivity index is 1.97. The summed E-state index contributed by atoms with van der Waals surface area (Å²) in [4.78, 5) is 17.4. The Morgan fingerprint density at radius 1 is 1.23 bits per heavy atom. The van der Waals surface area contributed by atoms with Crippen LogP contribution >= 0.6 is 0 Å². The Bertz CT molecular complexity index is 544. The number of carbonyl (C=O) groups is 1. The topological polar surface area (TPSA) is 44.8 Å². The third-order valence-corrected chi connectivity index (χ3v) is 5.01. The minimum absolute atomic E-state index is 0.0507. The summed E-state index contributed by atoms with van der Waals surface area (Å²) in [6, 6.07) is 8.08. The predicted molar refractivity (Wildman–Crippen MR) is 107 cm³/mol. The molecule has 1 aromatic rings. The van der Waals surface area contributed by atoms with Gasteiger partial charge in [0.15, 0.2) is 0 Å². The molecule has 0 spiro atoms. The standard InChI is InChI=1S/C21H35N3O2/c1-4-13-23(14-5-2)15-8-11-21(25)24-16-12-22-17-19(24)18-9-6-7-10-20(18)26-3/h6-7,9-10,19,22H,4-5,8,11-17H2,1-3H3. The maximum absolute atomic E-state index is 12.9. The van der Waals surface area contributed by atoms with E-state index in [0.29, 0.717) is 6.42 Å². The molecule has 0 radical (unpaired) electrons. The van der Waals surface area contributed by atoms with Crippen LogP contribution in [0.5, 0.6) is 5.75 Å². The van der Waals surface area contributed by atoms with Gasteiger partial charge in [-0.1, -0.05) is 32.0 Å². The minimum Gasteiger partial charge on any atom is -0.496 e. The van der Waals surface area contributed by atoms with E-state index in [2.05, 4.69) is 30.1 Å². The number of rotatable bonds is 10. The largest absolute Gasteiger partial charge is 0.496 e. The number of amides is 1. The lowest BCUT2D eigenvalue weighted by atomic mass is 10.0. The number of nitrogens with one attached hydrogen (secondary N) is 1. The van der Waals surface area contributed by atoms with E-state index in [1.54, 1.807) is 7.11 Å². The lowest BCUT2D eigenvalue weighted by molar-refractivity contribution is -0.134. The van der Waals surface area contributed by atoms with Crippen molar-refractivity contribution in [3.8, 4) is 5.75 Å². The number of hydrogen-bond acceptors (Lipinski definition) is 4. The normalized spacial score (nSPS) is 17.5. The Morgan fingerprint density at radius 2 is 1.96 bits per heavy atom. The van der Waals surface area contributed by atoms with Crippen molar-refractivity contribution in [2.24, 2.45) is 0 Å². The number of piperazine rings is 1. The number of benzene rings is 1. The molecule has 0 aliphatic carbocycles. The molecule has 2 rings (SSSR count). The number of hydrogen-bond donors (Lipinski definition) is 1. The summed E-state index contributed by atoms with van der Waals surface area (Å²) in [5.41, 5.74) is 1.09. The first-order valence-electron chi connectivity index (χ1n) is 10.1. The molecule has 26 heavy (non-hydrogen) atoms. The molecule has 1 fully saturated rings. The van der Waals surface area contributed by atoms with Crippen molar-refractivity contribution in [3.05, 3.63) is 29.8 Å². The van der Waals surface area contributed by atoms with Gasteiger partial charge in [-0.2, -0.15) is 0 Å². The van der Waals surface area contributed by atoms with Gasteiger partial charge in [-0.3, -0.25) is 4.79 Å². The average molecular weight is 362 g/mol. The highest BCUT2D eigenvalue weighted by atomic mass is 16.5. The lowest BCUT2D eigenvalue weighted by Gasteiger charge is -2.37. The maximum Gasteiger partial charge on any atom is 0.223 e. The fourth-order valence-electron chi connectivity index (χ4n) is 3.79. The number of methoxy groups -OCH3 is 1. The van der Waals surface area contributed by atoms with Gasteiger partial charge >= 0.3 is 0 Å². The molecule has 5 nitrogen and oxygen atoms in total. The predicted octanol–water partition coefficient (Wildman–Crippen LogP) is 3.07. The van der Waals surface area contributed by atoms with Crippen molar-refractivity contribution >= 4 is 5.91 Å². The van der Waals surface area contributed by atoms with Crippen LogP contribution in [0.2, 0.25) is 0 Å². The van der Waals surface area contributed by atoms with Crippen LogP contribution in [-0.2, 0) is 4.79 Å². The SMILES string of the molecule is CCCN(CCC)CCCC(=O)N1CCNCC1c1ccccc1OC. The summed E-state index contributed by atoms with van der Waals surface area (Å²) in [6.07, 6.45) is 3.89. The molecule has 1 heterocycles. The zero-order valence-corrected chi connectivity index (χ0v) is 16.7. The quantitative estimate of drug-likeness (QED) is 0.696. The monoisotopic (exact) mass is 361 g/mol. The fraction of sp³-hybridized carbons (Fsp3) is 0.667. The maximum atomic E-state index is 12.9. The fourth-order valence-corrected chi connectivity index (χ4v) is 3.79. The van der Waals surface area contributed by atoms with Crippen LogP contribution in [0.3, 0.4) is 0 Å². The summed E-state index contributed by atoms with van der Waals surface area (Å²) < 4.78 is 5.52. The first-order valence-corrected chi connectivity index (χ1v) is 10.1. The highest BCUT2D eigenvalue weighted by molar-refractivity contribution is 5.77. The molecule has 1 aliphatic heterocycles. The van der Waals surface area contributed by atoms with E-state index in [1.807, 2.05) is 23.1 Å². The molecule has 1 aromatic carbocycles. The molecule has 0 bridgehead atoms. The van der Waals surface area contributed by atoms with Crippen molar-refractivity contribution in [1.82, 2.24) is 15.1 Å². The van der Waals surface area contributed by atoms with Crippen LogP contribution in [0.4, 0.5) is 0 Å². The van der Waals surface area contributed by atoms with E-state index < -0.39 is 0 Å². The average Bonchev–Trinajstić information content (AvgIpc) is 2.68. The third kappa shape index (κ3) is 5.71. The van der Waals surface area contributed by atoms with Crippen LogP contribution in [0.1, 0.15) is 51.1 Å². The molecule has 1 N–H and O–H groups in total. The van der Waals surface area contributed by atoms with Crippen LogP contribution < -0.4 is 10.1 Å². The number of para-hydroxylation sites is 1. The molecule has 1 saturated heterocycles. The zero-order chi connectivity index (χ0) is 18.8.